The second-order valence-electron chi connectivity index (χ2n) is 10.2. The summed E-state index contributed by atoms with van der Waals surface area (Å²) in [5.41, 5.74) is -0.172. The summed E-state index contributed by atoms with van der Waals surface area (Å²) in [7, 11) is 0. The fourth-order valence-electron chi connectivity index (χ4n) is 5.38. The van der Waals surface area contributed by atoms with E-state index < -0.39 is 12.7 Å². The molecule has 0 unspecified atom stereocenters. The molecule has 31 heavy (non-hydrogen) atoms. The maximum atomic E-state index is 13.1. The van der Waals surface area contributed by atoms with E-state index in [1.807, 2.05) is 0 Å². The highest BCUT2D eigenvalue weighted by Crippen LogP contribution is 2.28. The number of rotatable bonds is 6. The number of likely N-dealkylation sites (tertiary alicyclic amines) is 2. The Kier molecular flexibility index (Phi) is 7.92. The average Bonchev–Trinajstić information content (AvgIpc) is 3.14. The van der Waals surface area contributed by atoms with Crippen molar-refractivity contribution >= 4 is 5.91 Å². The third kappa shape index (κ3) is 6.79. The molecular formula is C22H39F3N4O2. The van der Waals surface area contributed by atoms with Crippen LogP contribution in [-0.4, -0.2) is 102 Å². The second kappa shape index (κ2) is 9.93. The molecule has 6 nitrogen and oxygen atoms in total. The van der Waals surface area contributed by atoms with Crippen LogP contribution in [0.15, 0.2) is 0 Å². The number of piperidine rings is 1. The molecular weight excluding hydrogens is 409 g/mol. The van der Waals surface area contributed by atoms with Gasteiger partial charge in [0.2, 0.25) is 5.91 Å². The number of nitrogens with zero attached hydrogens (tertiary/aromatic N) is 3. The Labute approximate surface area is 184 Å². The van der Waals surface area contributed by atoms with Crippen LogP contribution in [-0.2, 0) is 9.53 Å². The molecule has 1 amide bonds. The van der Waals surface area contributed by atoms with Crippen molar-refractivity contribution < 1.29 is 22.7 Å². The molecule has 9 heteroatoms. The molecule has 3 fully saturated rings. The Bertz CT molecular complexity index is 598. The zero-order valence-corrected chi connectivity index (χ0v) is 19.4. The topological polar surface area (TPSA) is 48.1 Å². The molecule has 0 bridgehead atoms. The summed E-state index contributed by atoms with van der Waals surface area (Å²) in [5, 5.41) is 3.18. The molecule has 3 rings (SSSR count). The second-order valence-corrected chi connectivity index (χ2v) is 10.2. The van der Waals surface area contributed by atoms with Crippen molar-refractivity contribution in [3.8, 4) is 0 Å². The third-order valence-electron chi connectivity index (χ3n) is 7.00. The number of hydrogen-bond acceptors (Lipinski definition) is 5. The molecule has 3 saturated heterocycles. The summed E-state index contributed by atoms with van der Waals surface area (Å²) in [6, 6.07) is 0.0224. The van der Waals surface area contributed by atoms with Gasteiger partial charge in [-0.2, -0.15) is 13.2 Å². The van der Waals surface area contributed by atoms with Crippen LogP contribution in [0.25, 0.3) is 0 Å². The van der Waals surface area contributed by atoms with Crippen LogP contribution in [0, 0.1) is 0 Å². The van der Waals surface area contributed by atoms with E-state index in [0.717, 1.165) is 32.5 Å². The van der Waals surface area contributed by atoms with Crippen molar-refractivity contribution in [1.29, 1.82) is 0 Å². The van der Waals surface area contributed by atoms with Crippen LogP contribution < -0.4 is 5.32 Å². The number of carbonyl (C=O) groups is 1. The van der Waals surface area contributed by atoms with E-state index in [2.05, 4.69) is 42.8 Å². The van der Waals surface area contributed by atoms with Gasteiger partial charge in [0.05, 0.1) is 24.8 Å². The minimum atomic E-state index is -4.15. The smallest absolute Gasteiger partial charge is 0.373 e. The number of hydrogen-bond donors (Lipinski definition) is 1. The molecule has 0 radical (unpaired) electrons. The summed E-state index contributed by atoms with van der Waals surface area (Å²) in [5.74, 6) is 0.0534. The number of nitrogens with one attached hydrogen (secondary N) is 1. The van der Waals surface area contributed by atoms with Crippen LogP contribution in [0.1, 0.15) is 53.4 Å². The Morgan fingerprint density at radius 1 is 1.03 bits per heavy atom. The standard InChI is InChI=1S/C22H39F3N4O2/c1-16-12-28(13-17(2)31-16)21(3,4)14-26-20(30)19-6-5-9-29(19)18-7-10-27(11-8-18)15-22(23,24)25/h16-19H,5-15H2,1-4H3,(H,26,30)/t16-,17-,19-/m1/s1. The van der Waals surface area contributed by atoms with E-state index in [4.69, 9.17) is 4.74 Å². The lowest BCUT2D eigenvalue weighted by Gasteiger charge is -2.45. The molecule has 0 spiro atoms. The summed E-state index contributed by atoms with van der Waals surface area (Å²) in [4.78, 5) is 19.2. The zero-order valence-electron chi connectivity index (χ0n) is 19.4. The fraction of sp³-hybridized carbons (Fsp3) is 0.955. The molecule has 3 aliphatic rings. The van der Waals surface area contributed by atoms with Crippen LogP contribution >= 0.6 is 0 Å². The minimum Gasteiger partial charge on any atom is -0.373 e. The fourth-order valence-corrected chi connectivity index (χ4v) is 5.38. The van der Waals surface area contributed by atoms with Crippen LogP contribution in [0.3, 0.4) is 0 Å². The maximum absolute atomic E-state index is 13.1. The van der Waals surface area contributed by atoms with Crippen LogP contribution in [0.2, 0.25) is 0 Å². The highest BCUT2D eigenvalue weighted by molar-refractivity contribution is 5.82. The first-order chi connectivity index (χ1) is 14.4. The maximum Gasteiger partial charge on any atom is 0.401 e. The lowest BCUT2D eigenvalue weighted by atomic mass is 9.99. The number of morpholine rings is 1. The lowest BCUT2D eigenvalue weighted by Crippen LogP contribution is -2.60. The first-order valence-corrected chi connectivity index (χ1v) is 11.7. The van der Waals surface area contributed by atoms with Crippen molar-refractivity contribution in [3.63, 3.8) is 0 Å². The summed E-state index contributed by atoms with van der Waals surface area (Å²) in [6.45, 7) is 11.6. The molecule has 3 heterocycles. The molecule has 1 N–H and O–H groups in total. The molecule has 3 aliphatic heterocycles. The van der Waals surface area contributed by atoms with Crippen LogP contribution in [0.5, 0.6) is 0 Å². The van der Waals surface area contributed by atoms with E-state index in [0.29, 0.717) is 32.5 Å². The van der Waals surface area contributed by atoms with Crippen molar-refractivity contribution in [2.45, 2.75) is 89.4 Å². The number of carbonyl (C=O) groups excluding carboxylic acids is 1. The predicted molar refractivity (Wildman–Crippen MR) is 114 cm³/mol. The van der Waals surface area contributed by atoms with E-state index in [-0.39, 0.29) is 35.7 Å². The predicted octanol–water partition coefficient (Wildman–Crippen LogP) is 2.48. The van der Waals surface area contributed by atoms with Crippen molar-refractivity contribution in [2.75, 3.05) is 45.8 Å². The quantitative estimate of drug-likeness (QED) is 0.677. The van der Waals surface area contributed by atoms with Crippen molar-refractivity contribution in [3.05, 3.63) is 0 Å². The molecule has 3 atom stereocenters. The van der Waals surface area contributed by atoms with E-state index in [9.17, 15) is 18.0 Å². The Balaban J connectivity index is 1.50. The monoisotopic (exact) mass is 448 g/mol. The van der Waals surface area contributed by atoms with Gasteiger partial charge in [0.1, 0.15) is 0 Å². The normalized spacial score (nSPS) is 30.6. The van der Waals surface area contributed by atoms with Gasteiger partial charge < -0.3 is 10.1 Å². The van der Waals surface area contributed by atoms with Gasteiger partial charge >= 0.3 is 6.18 Å². The first-order valence-electron chi connectivity index (χ1n) is 11.7. The average molecular weight is 449 g/mol. The molecule has 0 aliphatic carbocycles. The van der Waals surface area contributed by atoms with Crippen LogP contribution in [0.4, 0.5) is 13.2 Å². The van der Waals surface area contributed by atoms with Gasteiger partial charge in [-0.25, -0.2) is 0 Å². The van der Waals surface area contributed by atoms with Gasteiger partial charge in [-0.1, -0.05) is 0 Å². The van der Waals surface area contributed by atoms with Crippen molar-refractivity contribution in [1.82, 2.24) is 20.0 Å². The summed E-state index contributed by atoms with van der Waals surface area (Å²) in [6.07, 6.45) is -0.640. The van der Waals surface area contributed by atoms with E-state index >= 15 is 0 Å². The largest absolute Gasteiger partial charge is 0.401 e. The Hall–Kier alpha value is -0.900. The number of amides is 1. The SMILES string of the molecule is C[C@@H]1CN(C(C)(C)CNC(=O)[C@H]2CCCN2C2CCN(CC(F)(F)F)CC2)C[C@@H](C)O1. The number of alkyl halides is 3. The zero-order chi connectivity index (χ0) is 22.8. The Morgan fingerprint density at radius 3 is 2.23 bits per heavy atom. The van der Waals surface area contributed by atoms with Gasteiger partial charge in [-0.05, 0) is 73.0 Å². The molecule has 0 saturated carbocycles. The highest BCUT2D eigenvalue weighted by atomic mass is 19.4. The number of halogens is 3. The molecule has 0 aromatic rings. The molecule has 180 valence electrons. The first kappa shape index (κ1) is 24.7. The molecule has 0 aromatic carbocycles. The number of ether oxygens (including phenoxy) is 1. The minimum absolute atomic E-state index is 0.0534. The van der Waals surface area contributed by atoms with Gasteiger partial charge in [0.25, 0.3) is 0 Å². The lowest BCUT2D eigenvalue weighted by molar-refractivity contribution is -0.149. The third-order valence-corrected chi connectivity index (χ3v) is 7.00. The van der Waals surface area contributed by atoms with E-state index in [1.165, 1.54) is 4.90 Å². The molecule has 0 aromatic heterocycles. The highest BCUT2D eigenvalue weighted by Gasteiger charge is 2.40. The van der Waals surface area contributed by atoms with Gasteiger partial charge in [-0.15, -0.1) is 0 Å². The van der Waals surface area contributed by atoms with E-state index in [1.54, 1.807) is 0 Å². The van der Waals surface area contributed by atoms with Gasteiger partial charge in [0.15, 0.2) is 0 Å². The van der Waals surface area contributed by atoms with Crippen molar-refractivity contribution in [2.24, 2.45) is 0 Å². The summed E-state index contributed by atoms with van der Waals surface area (Å²) < 4.78 is 43.8. The Morgan fingerprint density at radius 2 is 1.65 bits per heavy atom. The van der Waals surface area contributed by atoms with Gasteiger partial charge in [-0.3, -0.25) is 19.5 Å². The summed E-state index contributed by atoms with van der Waals surface area (Å²) >= 11 is 0. The van der Waals surface area contributed by atoms with Gasteiger partial charge in [0, 0.05) is 31.2 Å².